The standard InChI is InChI=1S/C8H7N3O4/c12-9-4-6-1-2-7(5-10-13)8(3-6)11(14)15/h1-5,12-13H/b9-4+,10-5-. The highest BCUT2D eigenvalue weighted by Crippen LogP contribution is 2.17. The number of nitro benzene ring substituents is 1. The number of hydrogen-bond acceptors (Lipinski definition) is 6. The Labute approximate surface area is 84.1 Å². The highest BCUT2D eigenvalue weighted by atomic mass is 16.6. The molecule has 0 saturated carbocycles. The molecule has 0 spiro atoms. The molecule has 0 aliphatic carbocycles. The second-order valence-corrected chi connectivity index (χ2v) is 2.56. The minimum absolute atomic E-state index is 0.164. The number of nitro groups is 1. The molecule has 1 rings (SSSR count). The Bertz CT molecular complexity index is 428. The van der Waals surface area contributed by atoms with E-state index >= 15 is 0 Å². The summed E-state index contributed by atoms with van der Waals surface area (Å²) >= 11 is 0. The van der Waals surface area contributed by atoms with Crippen LogP contribution in [-0.2, 0) is 0 Å². The molecule has 0 unspecified atom stereocenters. The Balaban J connectivity index is 3.26. The van der Waals surface area contributed by atoms with Crippen LogP contribution in [0.15, 0.2) is 28.5 Å². The second kappa shape index (κ2) is 4.70. The number of benzene rings is 1. The molecule has 0 saturated heterocycles. The molecule has 0 heterocycles. The van der Waals surface area contributed by atoms with Crippen molar-refractivity contribution in [1.82, 2.24) is 0 Å². The molecule has 7 nitrogen and oxygen atoms in total. The third-order valence-corrected chi connectivity index (χ3v) is 1.65. The van der Waals surface area contributed by atoms with Crippen LogP contribution in [0.4, 0.5) is 5.69 Å². The van der Waals surface area contributed by atoms with Crippen LogP contribution in [0.5, 0.6) is 0 Å². The van der Waals surface area contributed by atoms with Gasteiger partial charge in [-0.15, -0.1) is 0 Å². The van der Waals surface area contributed by atoms with E-state index in [2.05, 4.69) is 10.3 Å². The lowest BCUT2D eigenvalue weighted by molar-refractivity contribution is -0.385. The maximum absolute atomic E-state index is 10.6. The lowest BCUT2D eigenvalue weighted by atomic mass is 10.1. The quantitative estimate of drug-likeness (QED) is 0.337. The van der Waals surface area contributed by atoms with Crippen LogP contribution >= 0.6 is 0 Å². The molecule has 15 heavy (non-hydrogen) atoms. The molecule has 0 aromatic heterocycles. The highest BCUT2D eigenvalue weighted by molar-refractivity contribution is 5.88. The maximum Gasteiger partial charge on any atom is 0.278 e. The molecular formula is C8H7N3O4. The first-order valence-corrected chi connectivity index (χ1v) is 3.82. The summed E-state index contributed by atoms with van der Waals surface area (Å²) in [6.07, 6.45) is 2.02. The van der Waals surface area contributed by atoms with Crippen molar-refractivity contribution >= 4 is 18.1 Å². The molecule has 0 radical (unpaired) electrons. The maximum atomic E-state index is 10.6. The van der Waals surface area contributed by atoms with Crippen LogP contribution in [0.3, 0.4) is 0 Å². The number of nitrogens with zero attached hydrogens (tertiary/aromatic N) is 3. The Kier molecular flexibility index (Phi) is 3.33. The molecule has 78 valence electrons. The summed E-state index contributed by atoms with van der Waals surface area (Å²) in [5, 5.41) is 32.6. The lowest BCUT2D eigenvalue weighted by Gasteiger charge is -1.97. The van der Waals surface area contributed by atoms with Crippen molar-refractivity contribution < 1.29 is 15.3 Å². The fraction of sp³-hybridized carbons (Fsp3) is 0. The molecule has 0 fully saturated rings. The van der Waals surface area contributed by atoms with Gasteiger partial charge in [0.15, 0.2) is 0 Å². The predicted molar refractivity (Wildman–Crippen MR) is 51.9 cm³/mol. The van der Waals surface area contributed by atoms with E-state index in [1.165, 1.54) is 18.2 Å². The van der Waals surface area contributed by atoms with Gasteiger partial charge >= 0.3 is 0 Å². The molecule has 2 N–H and O–H groups in total. The van der Waals surface area contributed by atoms with E-state index < -0.39 is 4.92 Å². The molecule has 7 heteroatoms. The van der Waals surface area contributed by atoms with E-state index in [1.807, 2.05) is 0 Å². The van der Waals surface area contributed by atoms with Crippen LogP contribution in [0, 0.1) is 10.1 Å². The van der Waals surface area contributed by atoms with Gasteiger partial charge in [-0.2, -0.15) is 0 Å². The zero-order valence-electron chi connectivity index (χ0n) is 7.44. The largest absolute Gasteiger partial charge is 0.411 e. The van der Waals surface area contributed by atoms with E-state index in [0.29, 0.717) is 5.56 Å². The normalized spacial score (nSPS) is 11.2. The van der Waals surface area contributed by atoms with Gasteiger partial charge in [-0.05, 0) is 6.07 Å². The monoisotopic (exact) mass is 209 g/mol. The third kappa shape index (κ3) is 2.50. The smallest absolute Gasteiger partial charge is 0.278 e. The summed E-state index contributed by atoms with van der Waals surface area (Å²) in [7, 11) is 0. The summed E-state index contributed by atoms with van der Waals surface area (Å²) in [6, 6.07) is 4.08. The van der Waals surface area contributed by atoms with Crippen molar-refractivity contribution in [3.8, 4) is 0 Å². The van der Waals surface area contributed by atoms with Crippen LogP contribution in [0.25, 0.3) is 0 Å². The number of rotatable bonds is 3. The first kappa shape index (κ1) is 10.6. The van der Waals surface area contributed by atoms with Gasteiger partial charge in [-0.3, -0.25) is 10.1 Å². The molecule has 0 bridgehead atoms. The van der Waals surface area contributed by atoms with Crippen LogP contribution in [-0.4, -0.2) is 27.8 Å². The SMILES string of the molecule is O=[N+]([O-])c1cc(/C=N/O)ccc1/C=N\O. The Morgan fingerprint density at radius 2 is 1.93 bits per heavy atom. The van der Waals surface area contributed by atoms with Crippen LogP contribution < -0.4 is 0 Å². The van der Waals surface area contributed by atoms with Gasteiger partial charge in [0.25, 0.3) is 5.69 Å². The average Bonchev–Trinajstić information content (AvgIpc) is 2.21. The van der Waals surface area contributed by atoms with Crippen molar-refractivity contribution in [2.75, 3.05) is 0 Å². The molecule has 0 amide bonds. The Morgan fingerprint density at radius 1 is 1.27 bits per heavy atom. The predicted octanol–water partition coefficient (Wildman–Crippen LogP) is 1.21. The summed E-state index contributed by atoms with van der Waals surface area (Å²) in [4.78, 5) is 9.99. The molecule has 1 aromatic rings. The van der Waals surface area contributed by atoms with Crippen LogP contribution in [0.2, 0.25) is 0 Å². The van der Waals surface area contributed by atoms with Crippen molar-refractivity contribution in [2.45, 2.75) is 0 Å². The van der Waals surface area contributed by atoms with Gasteiger partial charge < -0.3 is 10.4 Å². The van der Waals surface area contributed by atoms with Gasteiger partial charge in [0, 0.05) is 11.6 Å². The first-order valence-electron chi connectivity index (χ1n) is 3.82. The molecule has 0 aliphatic rings. The van der Waals surface area contributed by atoms with E-state index in [9.17, 15) is 10.1 Å². The summed E-state index contributed by atoms with van der Waals surface area (Å²) in [5.41, 5.74) is 0.307. The Morgan fingerprint density at radius 3 is 2.47 bits per heavy atom. The van der Waals surface area contributed by atoms with Gasteiger partial charge in [-0.25, -0.2) is 0 Å². The molecular weight excluding hydrogens is 202 g/mol. The minimum Gasteiger partial charge on any atom is -0.411 e. The topological polar surface area (TPSA) is 108 Å². The van der Waals surface area contributed by atoms with Crippen molar-refractivity contribution in [3.05, 3.63) is 39.4 Å². The van der Waals surface area contributed by atoms with E-state index in [-0.39, 0.29) is 11.3 Å². The van der Waals surface area contributed by atoms with Crippen molar-refractivity contribution in [3.63, 3.8) is 0 Å². The molecule has 0 atom stereocenters. The number of oxime groups is 2. The fourth-order valence-electron chi connectivity index (χ4n) is 1.04. The van der Waals surface area contributed by atoms with E-state index in [4.69, 9.17) is 10.4 Å². The summed E-state index contributed by atoms with van der Waals surface area (Å²) < 4.78 is 0. The third-order valence-electron chi connectivity index (χ3n) is 1.65. The minimum atomic E-state index is -0.619. The zero-order valence-corrected chi connectivity index (χ0v) is 7.44. The Hall–Kier alpha value is -2.44. The second-order valence-electron chi connectivity index (χ2n) is 2.56. The summed E-state index contributed by atoms with van der Waals surface area (Å²) in [6.45, 7) is 0. The molecule has 0 aliphatic heterocycles. The highest BCUT2D eigenvalue weighted by Gasteiger charge is 2.12. The van der Waals surface area contributed by atoms with Crippen molar-refractivity contribution in [2.24, 2.45) is 10.3 Å². The summed E-state index contributed by atoms with van der Waals surface area (Å²) in [5.74, 6) is 0. The van der Waals surface area contributed by atoms with Crippen LogP contribution in [0.1, 0.15) is 11.1 Å². The zero-order chi connectivity index (χ0) is 11.3. The van der Waals surface area contributed by atoms with Gasteiger partial charge in [0.1, 0.15) is 0 Å². The van der Waals surface area contributed by atoms with Gasteiger partial charge in [0.05, 0.1) is 22.9 Å². The molecule has 1 aromatic carbocycles. The van der Waals surface area contributed by atoms with E-state index in [1.54, 1.807) is 0 Å². The van der Waals surface area contributed by atoms with Gasteiger partial charge in [-0.1, -0.05) is 16.4 Å². The lowest BCUT2D eigenvalue weighted by Crippen LogP contribution is -1.96. The average molecular weight is 209 g/mol. The number of hydrogen-bond donors (Lipinski definition) is 2. The first-order chi connectivity index (χ1) is 7.19. The van der Waals surface area contributed by atoms with Gasteiger partial charge in [0.2, 0.25) is 0 Å². The van der Waals surface area contributed by atoms with Crippen molar-refractivity contribution in [1.29, 1.82) is 0 Å². The fourth-order valence-corrected chi connectivity index (χ4v) is 1.04. The van der Waals surface area contributed by atoms with E-state index in [0.717, 1.165) is 12.4 Å².